The van der Waals surface area contributed by atoms with Crippen LogP contribution >= 0.6 is 11.3 Å². The van der Waals surface area contributed by atoms with E-state index in [4.69, 9.17) is 5.11 Å². The van der Waals surface area contributed by atoms with E-state index in [0.29, 0.717) is 10.8 Å². The summed E-state index contributed by atoms with van der Waals surface area (Å²) in [6, 6.07) is 1.87. The average Bonchev–Trinajstić information content (AvgIpc) is 3.17. The summed E-state index contributed by atoms with van der Waals surface area (Å²) in [5.41, 5.74) is 0.948. The molecule has 4 nitrogen and oxygen atoms in total. The van der Waals surface area contributed by atoms with Gasteiger partial charge in [0.2, 0.25) is 0 Å². The zero-order valence-corrected chi connectivity index (χ0v) is 13.3. The first-order valence-electron chi connectivity index (χ1n) is 7.32. The first-order chi connectivity index (χ1) is 10.0. The van der Waals surface area contributed by atoms with E-state index in [9.17, 15) is 9.59 Å². The molecule has 1 saturated carbocycles. The Morgan fingerprint density at radius 3 is 2.76 bits per heavy atom. The number of hydrogen-bond donors (Lipinski definition) is 1. The molecule has 0 bridgehead atoms. The van der Waals surface area contributed by atoms with Crippen LogP contribution < -0.4 is 0 Å². The first-order valence-corrected chi connectivity index (χ1v) is 8.13. The summed E-state index contributed by atoms with van der Waals surface area (Å²) in [7, 11) is 0. The highest BCUT2D eigenvalue weighted by molar-refractivity contribution is 7.15. The lowest BCUT2D eigenvalue weighted by molar-refractivity contribution is -0.131. The van der Waals surface area contributed by atoms with E-state index < -0.39 is 5.97 Å². The Labute approximate surface area is 129 Å². The molecule has 0 aromatic carbocycles. The lowest BCUT2D eigenvalue weighted by Gasteiger charge is -2.21. The van der Waals surface area contributed by atoms with E-state index in [-0.39, 0.29) is 5.91 Å². The molecule has 1 aliphatic rings. The molecule has 1 aromatic heterocycles. The van der Waals surface area contributed by atoms with E-state index in [2.05, 4.69) is 6.92 Å². The van der Waals surface area contributed by atoms with Crippen molar-refractivity contribution in [3.63, 3.8) is 0 Å². The Hall–Kier alpha value is -1.62. The number of carboxylic acid groups (broad SMARTS) is 1. The van der Waals surface area contributed by atoms with Crippen LogP contribution in [-0.4, -0.2) is 35.0 Å². The van der Waals surface area contributed by atoms with E-state index in [1.165, 1.54) is 24.2 Å². The van der Waals surface area contributed by atoms with Crippen LogP contribution in [0.15, 0.2) is 12.1 Å². The Bertz CT molecular complexity index is 558. The van der Waals surface area contributed by atoms with Crippen molar-refractivity contribution in [3.8, 4) is 0 Å². The van der Waals surface area contributed by atoms with Gasteiger partial charge in [-0.3, -0.25) is 4.79 Å². The largest absolute Gasteiger partial charge is 0.478 e. The molecule has 0 aliphatic heterocycles. The zero-order chi connectivity index (χ0) is 15.4. The van der Waals surface area contributed by atoms with E-state index >= 15 is 0 Å². The van der Waals surface area contributed by atoms with Crippen molar-refractivity contribution in [1.29, 1.82) is 0 Å². The SMILES string of the molecule is CCCN(CC1CC1)C(=O)c1cc(C)c(/C=C/C(=O)O)s1. The van der Waals surface area contributed by atoms with Crippen molar-refractivity contribution in [2.45, 2.75) is 33.1 Å². The van der Waals surface area contributed by atoms with Gasteiger partial charge in [-0.1, -0.05) is 6.92 Å². The molecular weight excluding hydrogens is 286 g/mol. The smallest absolute Gasteiger partial charge is 0.328 e. The Morgan fingerprint density at radius 2 is 2.19 bits per heavy atom. The van der Waals surface area contributed by atoms with Crippen LogP contribution in [0.2, 0.25) is 0 Å². The molecular formula is C16H21NO3S. The molecule has 1 aromatic rings. The zero-order valence-electron chi connectivity index (χ0n) is 12.5. The maximum absolute atomic E-state index is 12.6. The molecule has 0 atom stereocenters. The van der Waals surface area contributed by atoms with Crippen molar-refractivity contribution in [3.05, 3.63) is 27.5 Å². The molecule has 1 heterocycles. The van der Waals surface area contributed by atoms with Crippen LogP contribution in [-0.2, 0) is 4.79 Å². The van der Waals surface area contributed by atoms with Gasteiger partial charge in [-0.15, -0.1) is 11.3 Å². The minimum Gasteiger partial charge on any atom is -0.478 e. The van der Waals surface area contributed by atoms with Crippen LogP contribution in [0.5, 0.6) is 0 Å². The predicted molar refractivity (Wildman–Crippen MR) is 84.6 cm³/mol. The van der Waals surface area contributed by atoms with Gasteiger partial charge < -0.3 is 10.0 Å². The van der Waals surface area contributed by atoms with Gasteiger partial charge in [-0.05, 0) is 49.8 Å². The standard InChI is InChI=1S/C16H21NO3S/c1-3-8-17(10-12-4-5-12)16(20)14-9-11(2)13(21-14)6-7-15(18)19/h6-7,9,12H,3-5,8,10H2,1-2H3,(H,18,19)/b7-6+. The highest BCUT2D eigenvalue weighted by Crippen LogP contribution is 2.31. The topological polar surface area (TPSA) is 57.6 Å². The highest BCUT2D eigenvalue weighted by atomic mass is 32.1. The molecule has 0 unspecified atom stereocenters. The van der Waals surface area contributed by atoms with Gasteiger partial charge in [0.05, 0.1) is 4.88 Å². The Kier molecular flexibility index (Phi) is 5.17. The fourth-order valence-corrected chi connectivity index (χ4v) is 3.27. The molecule has 1 N–H and O–H groups in total. The second-order valence-corrected chi connectivity index (χ2v) is 6.61. The normalized spacial score (nSPS) is 14.6. The lowest BCUT2D eigenvalue weighted by atomic mass is 10.2. The van der Waals surface area contributed by atoms with Crippen LogP contribution in [0.4, 0.5) is 0 Å². The molecule has 21 heavy (non-hydrogen) atoms. The number of rotatable bonds is 7. The molecule has 0 spiro atoms. The summed E-state index contributed by atoms with van der Waals surface area (Å²) in [5.74, 6) is -0.225. The molecule has 0 saturated heterocycles. The molecule has 1 aliphatic carbocycles. The van der Waals surface area contributed by atoms with Crippen molar-refractivity contribution in [2.24, 2.45) is 5.92 Å². The Balaban J connectivity index is 2.13. The van der Waals surface area contributed by atoms with E-state index in [1.807, 2.05) is 17.9 Å². The van der Waals surface area contributed by atoms with Gasteiger partial charge in [0.1, 0.15) is 0 Å². The third-order valence-electron chi connectivity index (χ3n) is 3.50. The second kappa shape index (κ2) is 6.89. The summed E-state index contributed by atoms with van der Waals surface area (Å²) in [6.07, 6.45) is 6.08. The van der Waals surface area contributed by atoms with Crippen LogP contribution in [0.3, 0.4) is 0 Å². The second-order valence-electron chi connectivity index (χ2n) is 5.52. The Morgan fingerprint density at radius 1 is 1.48 bits per heavy atom. The van der Waals surface area contributed by atoms with Crippen LogP contribution in [0.1, 0.15) is 46.3 Å². The van der Waals surface area contributed by atoms with E-state index in [1.54, 1.807) is 6.08 Å². The summed E-state index contributed by atoms with van der Waals surface area (Å²) in [4.78, 5) is 26.7. The van der Waals surface area contributed by atoms with E-state index in [0.717, 1.165) is 36.0 Å². The van der Waals surface area contributed by atoms with Gasteiger partial charge in [0, 0.05) is 24.0 Å². The number of carbonyl (C=O) groups excluding carboxylic acids is 1. The monoisotopic (exact) mass is 307 g/mol. The molecule has 1 amide bonds. The average molecular weight is 307 g/mol. The van der Waals surface area contributed by atoms with Crippen molar-refractivity contribution in [2.75, 3.05) is 13.1 Å². The number of aliphatic carboxylic acids is 1. The van der Waals surface area contributed by atoms with Crippen molar-refractivity contribution >= 4 is 29.3 Å². The lowest BCUT2D eigenvalue weighted by Crippen LogP contribution is -2.33. The van der Waals surface area contributed by atoms with Gasteiger partial charge in [0.25, 0.3) is 5.91 Å². The molecule has 1 fully saturated rings. The van der Waals surface area contributed by atoms with Crippen LogP contribution in [0, 0.1) is 12.8 Å². The number of nitrogens with zero attached hydrogens (tertiary/aromatic N) is 1. The fraction of sp³-hybridized carbons (Fsp3) is 0.500. The number of carboxylic acids is 1. The quantitative estimate of drug-likeness (QED) is 0.785. The number of aryl methyl sites for hydroxylation is 1. The minimum absolute atomic E-state index is 0.0758. The molecule has 2 rings (SSSR count). The summed E-state index contributed by atoms with van der Waals surface area (Å²) >= 11 is 1.37. The predicted octanol–water partition coefficient (Wildman–Crippen LogP) is 3.42. The maximum Gasteiger partial charge on any atom is 0.328 e. The highest BCUT2D eigenvalue weighted by Gasteiger charge is 2.27. The molecule has 114 valence electrons. The number of thiophene rings is 1. The number of carbonyl (C=O) groups is 2. The number of amides is 1. The first kappa shape index (κ1) is 15.8. The van der Waals surface area contributed by atoms with Gasteiger partial charge >= 0.3 is 5.97 Å². The number of hydrogen-bond acceptors (Lipinski definition) is 3. The van der Waals surface area contributed by atoms with Crippen LogP contribution in [0.25, 0.3) is 6.08 Å². The fourth-order valence-electron chi connectivity index (χ4n) is 2.23. The van der Waals surface area contributed by atoms with Crippen molar-refractivity contribution in [1.82, 2.24) is 4.90 Å². The third-order valence-corrected chi connectivity index (χ3v) is 4.69. The summed E-state index contributed by atoms with van der Waals surface area (Å²) in [6.45, 7) is 5.62. The van der Waals surface area contributed by atoms with Gasteiger partial charge in [-0.25, -0.2) is 4.79 Å². The van der Waals surface area contributed by atoms with Crippen molar-refractivity contribution < 1.29 is 14.7 Å². The summed E-state index contributed by atoms with van der Waals surface area (Å²) < 4.78 is 0. The summed E-state index contributed by atoms with van der Waals surface area (Å²) in [5, 5.41) is 8.69. The van der Waals surface area contributed by atoms with Gasteiger partial charge in [-0.2, -0.15) is 0 Å². The minimum atomic E-state index is -0.975. The maximum atomic E-state index is 12.6. The molecule has 5 heteroatoms. The van der Waals surface area contributed by atoms with Gasteiger partial charge in [0.15, 0.2) is 0 Å². The molecule has 0 radical (unpaired) electrons. The third kappa shape index (κ3) is 4.43.